The topological polar surface area (TPSA) is 92.4 Å². The fourth-order valence-electron chi connectivity index (χ4n) is 1.53. The Hall–Kier alpha value is -1.88. The quantitative estimate of drug-likeness (QED) is 0.728. The number of carboxylic acid groups (broad SMARTS) is 1. The fourth-order valence-corrected chi connectivity index (χ4v) is 1.53. The zero-order valence-corrected chi connectivity index (χ0v) is 11.2. The first kappa shape index (κ1) is 15.2. The number of rotatable bonds is 6. The summed E-state index contributed by atoms with van der Waals surface area (Å²) < 4.78 is 0. The number of aryl methyl sites for hydroxylation is 1. The van der Waals surface area contributed by atoms with E-state index in [2.05, 4.69) is 5.32 Å². The van der Waals surface area contributed by atoms with Gasteiger partial charge in [0.15, 0.2) is 0 Å². The van der Waals surface area contributed by atoms with E-state index >= 15 is 0 Å². The molecule has 0 bridgehead atoms. The fraction of sp³-hybridized carbons (Fsp3) is 0.429. The number of nitrogens with two attached hydrogens (primary N) is 1. The van der Waals surface area contributed by atoms with E-state index in [0.717, 1.165) is 5.56 Å². The van der Waals surface area contributed by atoms with Gasteiger partial charge in [0.2, 0.25) is 5.91 Å². The van der Waals surface area contributed by atoms with Gasteiger partial charge in [-0.1, -0.05) is 26.0 Å². The third kappa shape index (κ3) is 5.09. The van der Waals surface area contributed by atoms with Crippen molar-refractivity contribution in [1.82, 2.24) is 0 Å². The van der Waals surface area contributed by atoms with Crippen molar-refractivity contribution in [3.05, 3.63) is 29.8 Å². The van der Waals surface area contributed by atoms with Crippen molar-refractivity contribution in [1.29, 1.82) is 0 Å². The molecule has 0 saturated carbocycles. The molecule has 0 aliphatic rings. The molecule has 0 heterocycles. The predicted molar refractivity (Wildman–Crippen MR) is 73.8 cm³/mol. The molecule has 1 amide bonds. The van der Waals surface area contributed by atoms with Crippen LogP contribution in [-0.4, -0.2) is 23.0 Å². The number of amides is 1. The number of carbonyl (C=O) groups excluding carboxylic acids is 1. The van der Waals surface area contributed by atoms with Gasteiger partial charge in [0.05, 0.1) is 6.04 Å². The minimum atomic E-state index is -0.819. The molecule has 0 aromatic heterocycles. The summed E-state index contributed by atoms with van der Waals surface area (Å²) in [5, 5.41) is 11.3. The van der Waals surface area contributed by atoms with Crippen molar-refractivity contribution in [2.75, 3.05) is 5.32 Å². The number of anilines is 1. The first-order valence-electron chi connectivity index (χ1n) is 6.27. The molecule has 5 nitrogen and oxygen atoms in total. The molecule has 1 rings (SSSR count). The third-order valence-corrected chi connectivity index (χ3v) is 2.87. The molecule has 0 fully saturated rings. The molecule has 0 radical (unpaired) electrons. The lowest BCUT2D eigenvalue weighted by Gasteiger charge is -2.15. The van der Waals surface area contributed by atoms with Crippen molar-refractivity contribution >= 4 is 17.6 Å². The van der Waals surface area contributed by atoms with Gasteiger partial charge in [-0.15, -0.1) is 0 Å². The zero-order valence-electron chi connectivity index (χ0n) is 11.2. The van der Waals surface area contributed by atoms with Crippen LogP contribution in [0, 0.1) is 5.92 Å². The lowest BCUT2D eigenvalue weighted by molar-refractivity contribution is -0.137. The third-order valence-electron chi connectivity index (χ3n) is 2.87. The van der Waals surface area contributed by atoms with E-state index in [1.165, 1.54) is 0 Å². The standard InChI is InChI=1S/C14H20N2O3/c1-9(2)13(15)14(19)16-11-6-3-10(4-7-11)5-8-12(17)18/h3-4,6-7,9,13H,5,8,15H2,1-2H3,(H,16,19)(H,17,18)/t13-/m1/s1. The maximum absolute atomic E-state index is 11.7. The van der Waals surface area contributed by atoms with Gasteiger partial charge in [0, 0.05) is 12.1 Å². The molecular formula is C14H20N2O3. The summed E-state index contributed by atoms with van der Waals surface area (Å²) in [7, 11) is 0. The van der Waals surface area contributed by atoms with Crippen LogP contribution in [0.1, 0.15) is 25.8 Å². The first-order chi connectivity index (χ1) is 8.90. The van der Waals surface area contributed by atoms with Gasteiger partial charge in [0.25, 0.3) is 0 Å². The molecule has 0 spiro atoms. The van der Waals surface area contributed by atoms with Crippen LogP contribution < -0.4 is 11.1 Å². The summed E-state index contributed by atoms with van der Waals surface area (Å²) in [6.45, 7) is 3.78. The van der Waals surface area contributed by atoms with Gasteiger partial charge in [0.1, 0.15) is 0 Å². The molecule has 1 aromatic carbocycles. The molecule has 19 heavy (non-hydrogen) atoms. The first-order valence-corrected chi connectivity index (χ1v) is 6.27. The van der Waals surface area contributed by atoms with E-state index in [1.54, 1.807) is 24.3 Å². The van der Waals surface area contributed by atoms with E-state index < -0.39 is 12.0 Å². The minimum absolute atomic E-state index is 0.0786. The van der Waals surface area contributed by atoms with Crippen LogP contribution in [0.4, 0.5) is 5.69 Å². The van der Waals surface area contributed by atoms with E-state index in [-0.39, 0.29) is 18.2 Å². The predicted octanol–water partition coefficient (Wildman–Crippen LogP) is 1.63. The molecule has 0 aliphatic heterocycles. The van der Waals surface area contributed by atoms with Crippen LogP contribution in [0.3, 0.4) is 0 Å². The van der Waals surface area contributed by atoms with E-state index in [4.69, 9.17) is 10.8 Å². The molecule has 0 unspecified atom stereocenters. The van der Waals surface area contributed by atoms with Crippen molar-refractivity contribution in [3.8, 4) is 0 Å². The minimum Gasteiger partial charge on any atom is -0.481 e. The lowest BCUT2D eigenvalue weighted by atomic mass is 10.0. The Morgan fingerprint density at radius 1 is 1.26 bits per heavy atom. The van der Waals surface area contributed by atoms with Crippen molar-refractivity contribution in [2.24, 2.45) is 11.7 Å². The molecular weight excluding hydrogens is 244 g/mol. The number of benzene rings is 1. The summed E-state index contributed by atoms with van der Waals surface area (Å²) in [4.78, 5) is 22.2. The number of hydrogen-bond donors (Lipinski definition) is 3. The van der Waals surface area contributed by atoms with Crippen molar-refractivity contribution < 1.29 is 14.7 Å². The summed E-state index contributed by atoms with van der Waals surface area (Å²) in [6, 6.07) is 6.58. The molecule has 104 valence electrons. The van der Waals surface area contributed by atoms with Crippen LogP contribution in [-0.2, 0) is 16.0 Å². The number of hydrogen-bond acceptors (Lipinski definition) is 3. The maximum Gasteiger partial charge on any atom is 0.303 e. The molecule has 1 aromatic rings. The van der Waals surface area contributed by atoms with E-state index in [0.29, 0.717) is 12.1 Å². The number of nitrogens with one attached hydrogen (secondary N) is 1. The highest BCUT2D eigenvalue weighted by atomic mass is 16.4. The summed E-state index contributed by atoms with van der Waals surface area (Å²) in [5.41, 5.74) is 7.33. The monoisotopic (exact) mass is 264 g/mol. The summed E-state index contributed by atoms with van der Waals surface area (Å²) in [6.07, 6.45) is 0.582. The van der Waals surface area contributed by atoms with Gasteiger partial charge in [-0.3, -0.25) is 9.59 Å². The second kappa shape index (κ2) is 6.89. The highest BCUT2D eigenvalue weighted by Crippen LogP contribution is 2.12. The average Bonchev–Trinajstić information content (AvgIpc) is 2.36. The second-order valence-electron chi connectivity index (χ2n) is 4.85. The second-order valence-corrected chi connectivity index (χ2v) is 4.85. The van der Waals surface area contributed by atoms with E-state index in [9.17, 15) is 9.59 Å². The molecule has 1 atom stereocenters. The van der Waals surface area contributed by atoms with Gasteiger partial charge in [-0.05, 0) is 30.0 Å². The van der Waals surface area contributed by atoms with Crippen LogP contribution in [0.25, 0.3) is 0 Å². The highest BCUT2D eigenvalue weighted by Gasteiger charge is 2.16. The van der Waals surface area contributed by atoms with Crippen LogP contribution in [0.15, 0.2) is 24.3 Å². The number of aliphatic carboxylic acids is 1. The van der Waals surface area contributed by atoms with Gasteiger partial charge < -0.3 is 16.2 Å². The summed E-state index contributed by atoms with van der Waals surface area (Å²) >= 11 is 0. The van der Waals surface area contributed by atoms with Crippen LogP contribution >= 0.6 is 0 Å². The molecule has 4 N–H and O–H groups in total. The smallest absolute Gasteiger partial charge is 0.303 e. The Balaban J connectivity index is 2.57. The largest absolute Gasteiger partial charge is 0.481 e. The summed E-state index contributed by atoms with van der Waals surface area (Å²) in [5.74, 6) is -0.955. The Morgan fingerprint density at radius 2 is 1.84 bits per heavy atom. The number of carbonyl (C=O) groups is 2. The Bertz CT molecular complexity index is 441. The highest BCUT2D eigenvalue weighted by molar-refractivity contribution is 5.94. The average molecular weight is 264 g/mol. The SMILES string of the molecule is CC(C)[C@@H](N)C(=O)Nc1ccc(CCC(=O)O)cc1. The molecule has 5 heteroatoms. The normalized spacial score (nSPS) is 12.2. The van der Waals surface area contributed by atoms with Crippen LogP contribution in [0.2, 0.25) is 0 Å². The Morgan fingerprint density at radius 3 is 2.32 bits per heavy atom. The van der Waals surface area contributed by atoms with Crippen molar-refractivity contribution in [3.63, 3.8) is 0 Å². The van der Waals surface area contributed by atoms with Crippen LogP contribution in [0.5, 0.6) is 0 Å². The van der Waals surface area contributed by atoms with Gasteiger partial charge in [-0.2, -0.15) is 0 Å². The Kier molecular flexibility index (Phi) is 5.51. The molecule has 0 saturated heterocycles. The zero-order chi connectivity index (χ0) is 14.4. The van der Waals surface area contributed by atoms with Gasteiger partial charge in [-0.25, -0.2) is 0 Å². The maximum atomic E-state index is 11.7. The lowest BCUT2D eigenvalue weighted by Crippen LogP contribution is -2.39. The Labute approximate surface area is 112 Å². The van der Waals surface area contributed by atoms with Gasteiger partial charge >= 0.3 is 5.97 Å². The molecule has 0 aliphatic carbocycles. The van der Waals surface area contributed by atoms with E-state index in [1.807, 2.05) is 13.8 Å². The number of carboxylic acids is 1. The van der Waals surface area contributed by atoms with Crippen molar-refractivity contribution in [2.45, 2.75) is 32.7 Å².